The molecule has 1 aliphatic rings. The standard InChI is InChI=1S/C19H25N3O4S2/c1-15(19(23)20-14-17-4-3-13-27-17)21-9-11-22(12-10-21)28(24,25)18-7-5-16(26-2)6-8-18/h3-8,13,15H,9-12,14H2,1-2H3,(H,20,23)/p+1/t15-/m1/s1. The minimum Gasteiger partial charge on any atom is -0.497 e. The number of quaternary nitrogens is 1. The van der Waals surface area contributed by atoms with Crippen molar-refractivity contribution in [2.45, 2.75) is 24.4 Å². The third kappa shape index (κ3) is 4.72. The first kappa shape index (κ1) is 20.8. The van der Waals surface area contributed by atoms with Gasteiger partial charge in [0, 0.05) is 4.88 Å². The number of rotatable bonds is 7. The van der Waals surface area contributed by atoms with E-state index >= 15 is 0 Å². The molecule has 3 rings (SSSR count). The largest absolute Gasteiger partial charge is 0.497 e. The van der Waals surface area contributed by atoms with Crippen LogP contribution in [-0.2, 0) is 21.4 Å². The first-order chi connectivity index (χ1) is 13.4. The molecule has 1 amide bonds. The van der Waals surface area contributed by atoms with Crippen LogP contribution in [0.25, 0.3) is 0 Å². The summed E-state index contributed by atoms with van der Waals surface area (Å²) in [5, 5.41) is 4.95. The molecule has 0 saturated carbocycles. The minimum atomic E-state index is -3.53. The average Bonchev–Trinajstić information content (AvgIpc) is 3.25. The Morgan fingerprint density at radius 1 is 1.25 bits per heavy atom. The van der Waals surface area contributed by atoms with Crippen LogP contribution in [0.3, 0.4) is 0 Å². The molecule has 1 atom stereocenters. The normalized spacial score (nSPS) is 17.2. The second-order valence-electron chi connectivity index (χ2n) is 6.76. The molecule has 28 heavy (non-hydrogen) atoms. The molecule has 0 spiro atoms. The molecule has 1 fully saturated rings. The third-order valence-electron chi connectivity index (χ3n) is 5.08. The number of amides is 1. The smallest absolute Gasteiger partial charge is 0.278 e. The molecule has 1 aromatic heterocycles. The van der Waals surface area contributed by atoms with E-state index in [2.05, 4.69) is 5.32 Å². The number of carbonyl (C=O) groups excluding carboxylic acids is 1. The Morgan fingerprint density at radius 3 is 2.50 bits per heavy atom. The number of thiophene rings is 1. The Morgan fingerprint density at radius 2 is 1.93 bits per heavy atom. The number of piperazine rings is 1. The van der Waals surface area contributed by atoms with Gasteiger partial charge >= 0.3 is 0 Å². The monoisotopic (exact) mass is 424 g/mol. The highest BCUT2D eigenvalue weighted by Gasteiger charge is 2.34. The zero-order valence-corrected chi connectivity index (χ0v) is 17.7. The summed E-state index contributed by atoms with van der Waals surface area (Å²) in [7, 11) is -1.99. The van der Waals surface area contributed by atoms with Crippen molar-refractivity contribution in [3.05, 3.63) is 46.7 Å². The van der Waals surface area contributed by atoms with Crippen LogP contribution in [0.1, 0.15) is 11.8 Å². The van der Waals surface area contributed by atoms with E-state index in [4.69, 9.17) is 4.74 Å². The van der Waals surface area contributed by atoms with E-state index in [1.807, 2.05) is 24.4 Å². The SMILES string of the molecule is COc1ccc(S(=O)(=O)N2CC[NH+]([C@H](C)C(=O)NCc3cccs3)CC2)cc1. The zero-order chi connectivity index (χ0) is 20.1. The van der Waals surface area contributed by atoms with Crippen LogP contribution in [0.5, 0.6) is 5.75 Å². The topological polar surface area (TPSA) is 80.2 Å². The van der Waals surface area contributed by atoms with Gasteiger partial charge in [0.05, 0.1) is 44.7 Å². The van der Waals surface area contributed by atoms with Crippen molar-refractivity contribution >= 4 is 27.3 Å². The molecule has 0 radical (unpaired) electrons. The van der Waals surface area contributed by atoms with Gasteiger partial charge < -0.3 is 15.0 Å². The minimum absolute atomic E-state index is 0.00476. The molecule has 0 unspecified atom stereocenters. The Labute approximate surface area is 170 Å². The molecule has 0 aliphatic carbocycles. The van der Waals surface area contributed by atoms with Gasteiger partial charge in [0.1, 0.15) is 5.75 Å². The van der Waals surface area contributed by atoms with Crippen LogP contribution in [0.4, 0.5) is 0 Å². The predicted octanol–water partition coefficient (Wildman–Crippen LogP) is 0.351. The quantitative estimate of drug-likeness (QED) is 0.672. The van der Waals surface area contributed by atoms with Crippen LogP contribution >= 0.6 is 11.3 Å². The van der Waals surface area contributed by atoms with Gasteiger partial charge in [-0.15, -0.1) is 11.3 Å². The maximum Gasteiger partial charge on any atom is 0.278 e. The van der Waals surface area contributed by atoms with Crippen LogP contribution < -0.4 is 15.0 Å². The Kier molecular flexibility index (Phi) is 6.71. The molecule has 2 N–H and O–H groups in total. The van der Waals surface area contributed by atoms with Crippen molar-refractivity contribution in [2.75, 3.05) is 33.3 Å². The molecular formula is C19H26N3O4S2+. The highest BCUT2D eigenvalue weighted by Crippen LogP contribution is 2.19. The Bertz CT molecular complexity index is 874. The van der Waals surface area contributed by atoms with Crippen LogP contribution in [0.2, 0.25) is 0 Å². The summed E-state index contributed by atoms with van der Waals surface area (Å²) >= 11 is 1.61. The van der Waals surface area contributed by atoms with Crippen LogP contribution in [0.15, 0.2) is 46.7 Å². The van der Waals surface area contributed by atoms with Gasteiger partial charge in [-0.25, -0.2) is 8.42 Å². The van der Waals surface area contributed by atoms with Gasteiger partial charge in [0.25, 0.3) is 5.91 Å². The number of nitrogens with zero attached hydrogens (tertiary/aromatic N) is 1. The van der Waals surface area contributed by atoms with E-state index in [0.29, 0.717) is 38.5 Å². The summed E-state index contributed by atoms with van der Waals surface area (Å²) in [6, 6.07) is 10.2. The number of methoxy groups -OCH3 is 1. The molecule has 1 aliphatic heterocycles. The van der Waals surface area contributed by atoms with Gasteiger partial charge in [-0.05, 0) is 42.6 Å². The van der Waals surface area contributed by atoms with Crippen molar-refractivity contribution in [1.29, 1.82) is 0 Å². The molecule has 2 heterocycles. The molecule has 7 nitrogen and oxygen atoms in total. The van der Waals surface area contributed by atoms with E-state index in [1.54, 1.807) is 42.7 Å². The fourth-order valence-corrected chi connectivity index (χ4v) is 5.36. The maximum atomic E-state index is 12.8. The van der Waals surface area contributed by atoms with Gasteiger partial charge in [-0.3, -0.25) is 4.79 Å². The lowest BCUT2D eigenvalue weighted by Gasteiger charge is -2.34. The molecule has 2 aromatic rings. The van der Waals surface area contributed by atoms with Crippen LogP contribution in [0, 0.1) is 0 Å². The molecule has 9 heteroatoms. The zero-order valence-electron chi connectivity index (χ0n) is 16.1. The van der Waals surface area contributed by atoms with Gasteiger partial charge in [0.2, 0.25) is 10.0 Å². The van der Waals surface area contributed by atoms with Crippen molar-refractivity contribution < 1.29 is 22.8 Å². The maximum absolute atomic E-state index is 12.8. The van der Waals surface area contributed by atoms with Crippen molar-refractivity contribution in [3.8, 4) is 5.75 Å². The van der Waals surface area contributed by atoms with Gasteiger partial charge in [-0.1, -0.05) is 6.07 Å². The van der Waals surface area contributed by atoms with Crippen molar-refractivity contribution in [2.24, 2.45) is 0 Å². The number of sulfonamides is 1. The summed E-state index contributed by atoms with van der Waals surface area (Å²) in [4.78, 5) is 14.9. The number of carbonyl (C=O) groups is 1. The molecular weight excluding hydrogens is 398 g/mol. The van der Waals surface area contributed by atoms with Crippen molar-refractivity contribution in [3.63, 3.8) is 0 Å². The predicted molar refractivity (Wildman–Crippen MR) is 108 cm³/mol. The third-order valence-corrected chi connectivity index (χ3v) is 7.87. The van der Waals surface area contributed by atoms with E-state index in [1.165, 1.54) is 4.31 Å². The summed E-state index contributed by atoms with van der Waals surface area (Å²) in [6.45, 7) is 4.42. The summed E-state index contributed by atoms with van der Waals surface area (Å²) in [5.74, 6) is 0.616. The highest BCUT2D eigenvalue weighted by molar-refractivity contribution is 7.89. The number of hydrogen-bond acceptors (Lipinski definition) is 5. The van der Waals surface area contributed by atoms with E-state index in [0.717, 1.165) is 9.78 Å². The van der Waals surface area contributed by atoms with Crippen molar-refractivity contribution in [1.82, 2.24) is 9.62 Å². The second kappa shape index (κ2) is 9.04. The lowest BCUT2D eigenvalue weighted by molar-refractivity contribution is -0.917. The van der Waals surface area contributed by atoms with Gasteiger partial charge in [-0.2, -0.15) is 4.31 Å². The number of nitrogens with one attached hydrogen (secondary N) is 2. The van der Waals surface area contributed by atoms with Crippen LogP contribution in [-0.4, -0.2) is 58.0 Å². The number of benzene rings is 1. The first-order valence-corrected chi connectivity index (χ1v) is 11.5. The van der Waals surface area contributed by atoms with E-state index in [-0.39, 0.29) is 16.8 Å². The second-order valence-corrected chi connectivity index (χ2v) is 9.73. The molecule has 0 bridgehead atoms. The number of hydrogen-bond donors (Lipinski definition) is 2. The Hall–Kier alpha value is -1.94. The van der Waals surface area contributed by atoms with E-state index < -0.39 is 10.0 Å². The number of ether oxygens (including phenoxy) is 1. The molecule has 1 saturated heterocycles. The molecule has 152 valence electrons. The fourth-order valence-electron chi connectivity index (χ4n) is 3.27. The van der Waals surface area contributed by atoms with Gasteiger partial charge in [0.15, 0.2) is 6.04 Å². The fraction of sp³-hybridized carbons (Fsp3) is 0.421. The lowest BCUT2D eigenvalue weighted by Crippen LogP contribution is -3.19. The summed E-state index contributed by atoms with van der Waals surface area (Å²) < 4.78 is 32.2. The average molecular weight is 425 g/mol. The van der Waals surface area contributed by atoms with E-state index in [9.17, 15) is 13.2 Å². The summed E-state index contributed by atoms with van der Waals surface area (Å²) in [6.07, 6.45) is 0. The molecule has 1 aromatic carbocycles. The Balaban J connectivity index is 1.54. The summed E-state index contributed by atoms with van der Waals surface area (Å²) in [5.41, 5.74) is 0. The highest BCUT2D eigenvalue weighted by atomic mass is 32.2. The lowest BCUT2D eigenvalue weighted by atomic mass is 10.2. The first-order valence-electron chi connectivity index (χ1n) is 9.20.